The Balaban J connectivity index is 2.63. The molecule has 0 saturated heterocycles. The number of hydrogen-bond acceptors (Lipinski definition) is 5. The smallest absolute Gasteiger partial charge is 0.310 e. The van der Waals surface area contributed by atoms with Crippen LogP contribution in [-0.2, 0) is 30.2 Å². The lowest BCUT2D eigenvalue weighted by atomic mass is 9.96. The van der Waals surface area contributed by atoms with Crippen LogP contribution in [-0.4, -0.2) is 44.2 Å². The standard InChI is InChI=1S/C15H20O6/c1-19-14(20-2)10-21-15(18)12(9-13(16)17)8-11-6-4-3-5-7-11/h3-7,12,14H,8-10H2,1-2H3,(H,16,17)/t12-/m1/s1. The first kappa shape index (κ1) is 17.1. The number of benzene rings is 1. The maximum Gasteiger partial charge on any atom is 0.310 e. The first-order valence-electron chi connectivity index (χ1n) is 6.54. The van der Waals surface area contributed by atoms with Gasteiger partial charge in [-0.05, 0) is 12.0 Å². The van der Waals surface area contributed by atoms with Crippen LogP contribution in [0.1, 0.15) is 12.0 Å². The number of carboxylic acids is 1. The van der Waals surface area contributed by atoms with Crippen molar-refractivity contribution >= 4 is 11.9 Å². The molecule has 6 nitrogen and oxygen atoms in total. The number of rotatable bonds is 9. The van der Waals surface area contributed by atoms with Gasteiger partial charge in [-0.2, -0.15) is 0 Å². The van der Waals surface area contributed by atoms with Crippen LogP contribution in [0, 0.1) is 5.92 Å². The van der Waals surface area contributed by atoms with E-state index in [1.54, 1.807) is 0 Å². The van der Waals surface area contributed by atoms with Crippen LogP contribution < -0.4 is 0 Å². The minimum Gasteiger partial charge on any atom is -0.481 e. The molecule has 1 aromatic carbocycles. The van der Waals surface area contributed by atoms with Crippen molar-refractivity contribution in [2.75, 3.05) is 20.8 Å². The molecule has 0 aliphatic rings. The molecule has 0 aliphatic carbocycles. The molecule has 1 aromatic rings. The van der Waals surface area contributed by atoms with Crippen molar-refractivity contribution in [3.63, 3.8) is 0 Å². The third-order valence-corrected chi connectivity index (χ3v) is 2.97. The number of carbonyl (C=O) groups excluding carboxylic acids is 1. The SMILES string of the molecule is COC(COC(=O)[C@@H](CC(=O)O)Cc1ccccc1)OC. The number of methoxy groups -OCH3 is 2. The summed E-state index contributed by atoms with van der Waals surface area (Å²) in [5.74, 6) is -2.34. The lowest BCUT2D eigenvalue weighted by Crippen LogP contribution is -2.28. The number of aliphatic carboxylic acids is 1. The largest absolute Gasteiger partial charge is 0.481 e. The first-order chi connectivity index (χ1) is 10.1. The number of carboxylic acid groups (broad SMARTS) is 1. The van der Waals surface area contributed by atoms with Gasteiger partial charge in [-0.3, -0.25) is 9.59 Å². The second-order valence-electron chi connectivity index (χ2n) is 4.52. The highest BCUT2D eigenvalue weighted by Crippen LogP contribution is 2.15. The van der Waals surface area contributed by atoms with Gasteiger partial charge in [0.05, 0.1) is 12.3 Å². The van der Waals surface area contributed by atoms with Crippen LogP contribution in [0.5, 0.6) is 0 Å². The maximum atomic E-state index is 12.0. The molecule has 0 bridgehead atoms. The third-order valence-electron chi connectivity index (χ3n) is 2.97. The summed E-state index contributed by atoms with van der Waals surface area (Å²) in [7, 11) is 2.86. The Morgan fingerprint density at radius 1 is 1.14 bits per heavy atom. The average molecular weight is 296 g/mol. The molecule has 0 aromatic heterocycles. The van der Waals surface area contributed by atoms with Gasteiger partial charge >= 0.3 is 11.9 Å². The van der Waals surface area contributed by atoms with E-state index in [1.807, 2.05) is 30.3 Å². The molecule has 0 saturated carbocycles. The Morgan fingerprint density at radius 3 is 2.29 bits per heavy atom. The summed E-state index contributed by atoms with van der Waals surface area (Å²) < 4.78 is 14.9. The van der Waals surface area contributed by atoms with Crippen LogP contribution in [0.3, 0.4) is 0 Å². The minimum absolute atomic E-state index is 0.0727. The van der Waals surface area contributed by atoms with E-state index in [-0.39, 0.29) is 13.0 Å². The van der Waals surface area contributed by atoms with Gasteiger partial charge in [0.1, 0.15) is 6.61 Å². The minimum atomic E-state index is -1.04. The molecule has 0 aliphatic heterocycles. The summed E-state index contributed by atoms with van der Waals surface area (Å²) in [6.07, 6.45) is -0.620. The lowest BCUT2D eigenvalue weighted by molar-refractivity contribution is -0.171. The molecule has 0 amide bonds. The Bertz CT molecular complexity index is 441. The van der Waals surface area contributed by atoms with E-state index in [0.29, 0.717) is 6.42 Å². The number of ether oxygens (including phenoxy) is 3. The van der Waals surface area contributed by atoms with E-state index in [4.69, 9.17) is 19.3 Å². The van der Waals surface area contributed by atoms with Gasteiger partial charge in [-0.25, -0.2) is 0 Å². The lowest BCUT2D eigenvalue weighted by Gasteiger charge is -2.17. The second kappa shape index (κ2) is 9.10. The summed E-state index contributed by atoms with van der Waals surface area (Å²) in [5.41, 5.74) is 0.885. The quantitative estimate of drug-likeness (QED) is 0.549. The van der Waals surface area contributed by atoms with Gasteiger partial charge in [0, 0.05) is 14.2 Å². The van der Waals surface area contributed by atoms with Crippen molar-refractivity contribution in [1.29, 1.82) is 0 Å². The van der Waals surface area contributed by atoms with Crippen LogP contribution in [0.4, 0.5) is 0 Å². The van der Waals surface area contributed by atoms with E-state index < -0.39 is 24.1 Å². The van der Waals surface area contributed by atoms with Gasteiger partial charge in [0.25, 0.3) is 0 Å². The van der Waals surface area contributed by atoms with Crippen LogP contribution in [0.2, 0.25) is 0 Å². The Labute approximate surface area is 123 Å². The maximum absolute atomic E-state index is 12.0. The fraction of sp³-hybridized carbons (Fsp3) is 0.467. The van der Waals surface area contributed by atoms with Gasteiger partial charge < -0.3 is 19.3 Å². The van der Waals surface area contributed by atoms with Crippen molar-refractivity contribution in [2.24, 2.45) is 5.92 Å². The number of carbonyl (C=O) groups is 2. The van der Waals surface area contributed by atoms with Crippen LogP contribution >= 0.6 is 0 Å². The molecule has 0 fully saturated rings. The molecular formula is C15H20O6. The molecule has 1 rings (SSSR count). The fourth-order valence-corrected chi connectivity index (χ4v) is 1.85. The summed E-state index contributed by atoms with van der Waals surface area (Å²) in [6.45, 7) is -0.0727. The Kier molecular flexibility index (Phi) is 7.42. The zero-order valence-corrected chi connectivity index (χ0v) is 12.2. The van der Waals surface area contributed by atoms with E-state index in [9.17, 15) is 9.59 Å². The summed E-state index contributed by atoms with van der Waals surface area (Å²) in [6, 6.07) is 9.22. The number of hydrogen-bond donors (Lipinski definition) is 1. The van der Waals surface area contributed by atoms with Crippen LogP contribution in [0.15, 0.2) is 30.3 Å². The molecule has 0 radical (unpaired) electrons. The molecule has 116 valence electrons. The third kappa shape index (κ3) is 6.37. The van der Waals surface area contributed by atoms with E-state index in [1.165, 1.54) is 14.2 Å². The van der Waals surface area contributed by atoms with Gasteiger partial charge in [0.15, 0.2) is 6.29 Å². The molecule has 21 heavy (non-hydrogen) atoms. The monoisotopic (exact) mass is 296 g/mol. The number of esters is 1. The zero-order valence-electron chi connectivity index (χ0n) is 12.2. The predicted molar refractivity (Wildman–Crippen MR) is 74.7 cm³/mol. The van der Waals surface area contributed by atoms with E-state index in [2.05, 4.69) is 0 Å². The molecule has 0 spiro atoms. The Morgan fingerprint density at radius 2 is 1.76 bits per heavy atom. The summed E-state index contributed by atoms with van der Waals surface area (Å²) in [4.78, 5) is 22.9. The van der Waals surface area contributed by atoms with E-state index in [0.717, 1.165) is 5.56 Å². The zero-order chi connectivity index (χ0) is 15.7. The average Bonchev–Trinajstić information content (AvgIpc) is 2.48. The van der Waals surface area contributed by atoms with E-state index >= 15 is 0 Å². The molecular weight excluding hydrogens is 276 g/mol. The predicted octanol–water partition coefficient (Wildman–Crippen LogP) is 1.48. The first-order valence-corrected chi connectivity index (χ1v) is 6.54. The van der Waals surface area contributed by atoms with Gasteiger partial charge in [-0.15, -0.1) is 0 Å². The summed E-state index contributed by atoms with van der Waals surface area (Å²) >= 11 is 0. The second-order valence-corrected chi connectivity index (χ2v) is 4.52. The van der Waals surface area contributed by atoms with Gasteiger partial charge in [-0.1, -0.05) is 30.3 Å². The molecule has 1 N–H and O–H groups in total. The fourth-order valence-electron chi connectivity index (χ4n) is 1.85. The molecule has 0 heterocycles. The highest BCUT2D eigenvalue weighted by Gasteiger charge is 2.24. The molecule has 0 unspecified atom stereocenters. The normalized spacial score (nSPS) is 12.1. The molecule has 1 atom stereocenters. The topological polar surface area (TPSA) is 82.1 Å². The van der Waals surface area contributed by atoms with Gasteiger partial charge in [0.2, 0.25) is 0 Å². The van der Waals surface area contributed by atoms with Crippen molar-refractivity contribution in [2.45, 2.75) is 19.1 Å². The Hall–Kier alpha value is -1.92. The van der Waals surface area contributed by atoms with Crippen molar-refractivity contribution in [1.82, 2.24) is 0 Å². The highest BCUT2D eigenvalue weighted by atomic mass is 16.7. The van der Waals surface area contributed by atoms with Crippen molar-refractivity contribution in [3.05, 3.63) is 35.9 Å². The van der Waals surface area contributed by atoms with Crippen molar-refractivity contribution < 1.29 is 28.9 Å². The highest BCUT2D eigenvalue weighted by molar-refractivity contribution is 5.79. The van der Waals surface area contributed by atoms with Crippen LogP contribution in [0.25, 0.3) is 0 Å². The summed E-state index contributed by atoms with van der Waals surface area (Å²) in [5, 5.41) is 8.92. The molecule has 6 heteroatoms. The van der Waals surface area contributed by atoms with Crippen molar-refractivity contribution in [3.8, 4) is 0 Å².